The molecule has 1 heteroatoms. The van der Waals surface area contributed by atoms with Crippen LogP contribution in [0.25, 0.3) is 11.1 Å². The van der Waals surface area contributed by atoms with Crippen LogP contribution in [0.15, 0.2) is 54.6 Å². The average Bonchev–Trinajstić information content (AvgIpc) is 2.56. The molecule has 1 nitrogen and oxygen atoms in total. The van der Waals surface area contributed by atoms with Gasteiger partial charge in [-0.15, -0.1) is 0 Å². The molecule has 0 amide bonds. The predicted molar refractivity (Wildman–Crippen MR) is 91.7 cm³/mol. The van der Waals surface area contributed by atoms with Crippen molar-refractivity contribution in [3.63, 3.8) is 0 Å². The van der Waals surface area contributed by atoms with E-state index in [1.54, 1.807) is 0 Å². The van der Waals surface area contributed by atoms with Gasteiger partial charge < -0.3 is 0 Å². The van der Waals surface area contributed by atoms with Gasteiger partial charge in [0.05, 0.1) is 0 Å². The van der Waals surface area contributed by atoms with Gasteiger partial charge in [0.1, 0.15) is 0 Å². The van der Waals surface area contributed by atoms with E-state index in [4.69, 9.17) is 0 Å². The van der Waals surface area contributed by atoms with E-state index in [9.17, 15) is 4.79 Å². The van der Waals surface area contributed by atoms with Crippen LogP contribution in [0.1, 0.15) is 56.8 Å². The summed E-state index contributed by atoms with van der Waals surface area (Å²) in [5.74, 6) is 0.194. The smallest absolute Gasteiger partial charge is 0.163 e. The fourth-order valence-electron chi connectivity index (χ4n) is 2.14. The molecule has 0 fully saturated rings. The first-order valence-electron chi connectivity index (χ1n) is 7.92. The second-order valence-electron chi connectivity index (χ2n) is 5.04. The van der Waals surface area contributed by atoms with Crippen LogP contribution in [-0.4, -0.2) is 5.78 Å². The highest BCUT2D eigenvalue weighted by Crippen LogP contribution is 2.24. The molecule has 2 aromatic rings. The van der Waals surface area contributed by atoms with Crippen LogP contribution in [-0.2, 0) is 0 Å². The zero-order valence-corrected chi connectivity index (χ0v) is 13.4. The third-order valence-corrected chi connectivity index (χ3v) is 3.34. The van der Waals surface area contributed by atoms with Crippen molar-refractivity contribution in [2.45, 2.75) is 46.5 Å². The van der Waals surface area contributed by atoms with Gasteiger partial charge in [-0.3, -0.25) is 4.79 Å². The van der Waals surface area contributed by atoms with Crippen LogP contribution in [0.5, 0.6) is 0 Å². The van der Waals surface area contributed by atoms with E-state index < -0.39 is 0 Å². The topological polar surface area (TPSA) is 17.1 Å². The first-order valence-corrected chi connectivity index (χ1v) is 7.92. The van der Waals surface area contributed by atoms with Gasteiger partial charge in [-0.1, -0.05) is 94.6 Å². The molecule has 112 valence electrons. The van der Waals surface area contributed by atoms with Crippen molar-refractivity contribution in [2.24, 2.45) is 0 Å². The van der Waals surface area contributed by atoms with Gasteiger partial charge in [0.2, 0.25) is 0 Å². The number of benzene rings is 2. The molecule has 0 heterocycles. The Morgan fingerprint density at radius 3 is 1.90 bits per heavy atom. The molecule has 0 saturated heterocycles. The van der Waals surface area contributed by atoms with E-state index in [1.165, 1.54) is 19.3 Å². The van der Waals surface area contributed by atoms with E-state index in [2.05, 4.69) is 13.8 Å². The minimum absolute atomic E-state index is 0.194. The van der Waals surface area contributed by atoms with E-state index in [0.29, 0.717) is 6.42 Å². The molecule has 0 bridgehead atoms. The number of Topliss-reactive ketones (excluding diaryl/α,β-unsaturated/α-hetero) is 1. The summed E-state index contributed by atoms with van der Waals surface area (Å²) < 4.78 is 0. The molecular weight excluding hydrogens is 256 g/mol. The molecule has 2 rings (SSSR count). The highest BCUT2D eigenvalue weighted by molar-refractivity contribution is 6.02. The number of carbonyl (C=O) groups excluding carboxylic acids is 1. The van der Waals surface area contributed by atoms with Crippen molar-refractivity contribution >= 4 is 5.78 Å². The van der Waals surface area contributed by atoms with Crippen molar-refractivity contribution in [1.29, 1.82) is 0 Å². The molecule has 0 aliphatic carbocycles. The Morgan fingerprint density at radius 2 is 1.38 bits per heavy atom. The van der Waals surface area contributed by atoms with Crippen molar-refractivity contribution < 1.29 is 4.79 Å². The third-order valence-electron chi connectivity index (χ3n) is 3.34. The highest BCUT2D eigenvalue weighted by atomic mass is 16.1. The Balaban J connectivity index is 0.000000383. The lowest BCUT2D eigenvalue weighted by atomic mass is 9.96. The van der Waals surface area contributed by atoms with Crippen LogP contribution in [0.3, 0.4) is 0 Å². The number of unbranched alkanes of at least 4 members (excludes halogenated alkanes) is 2. The molecule has 0 aliphatic heterocycles. The van der Waals surface area contributed by atoms with Crippen molar-refractivity contribution in [3.8, 4) is 11.1 Å². The maximum atomic E-state index is 11.8. The summed E-state index contributed by atoms with van der Waals surface area (Å²) in [5, 5.41) is 0. The molecule has 0 spiro atoms. The molecule has 0 saturated carbocycles. The zero-order valence-electron chi connectivity index (χ0n) is 13.4. The van der Waals surface area contributed by atoms with Crippen LogP contribution in [0, 0.1) is 0 Å². The number of hydrogen-bond acceptors (Lipinski definition) is 1. The summed E-state index contributed by atoms with van der Waals surface area (Å²) in [6.07, 6.45) is 4.62. The molecule has 0 aliphatic rings. The van der Waals surface area contributed by atoms with Crippen molar-refractivity contribution in [1.82, 2.24) is 0 Å². The van der Waals surface area contributed by atoms with Gasteiger partial charge in [-0.05, 0) is 11.1 Å². The molecule has 0 aromatic heterocycles. The molecule has 0 radical (unpaired) electrons. The van der Waals surface area contributed by atoms with Crippen LogP contribution >= 0.6 is 0 Å². The third kappa shape index (κ3) is 5.55. The first kappa shape index (κ1) is 17.2. The summed E-state index contributed by atoms with van der Waals surface area (Å²) in [6, 6.07) is 17.8. The molecular formula is C20H26O. The summed E-state index contributed by atoms with van der Waals surface area (Å²) >= 11 is 0. The Labute approximate surface area is 129 Å². The summed E-state index contributed by atoms with van der Waals surface area (Å²) in [4.78, 5) is 11.8. The van der Waals surface area contributed by atoms with Gasteiger partial charge >= 0.3 is 0 Å². The van der Waals surface area contributed by atoms with E-state index >= 15 is 0 Å². The Morgan fingerprint density at radius 1 is 0.810 bits per heavy atom. The standard InChI is InChI=1S/C15H14O.C5H12/c1-2-15(16)14-11-7-6-10-13(14)12-8-4-3-5-9-12;1-3-5-4-2/h3-11H,2H2,1H3;3-5H2,1-2H3. The molecule has 21 heavy (non-hydrogen) atoms. The Hall–Kier alpha value is -1.89. The predicted octanol–water partition coefficient (Wildman–Crippen LogP) is 6.14. The van der Waals surface area contributed by atoms with E-state index in [0.717, 1.165) is 16.7 Å². The second-order valence-corrected chi connectivity index (χ2v) is 5.04. The van der Waals surface area contributed by atoms with Crippen LogP contribution in [0.4, 0.5) is 0 Å². The fourth-order valence-corrected chi connectivity index (χ4v) is 2.14. The lowest BCUT2D eigenvalue weighted by molar-refractivity contribution is 0.0989. The monoisotopic (exact) mass is 282 g/mol. The lowest BCUT2D eigenvalue weighted by Gasteiger charge is -2.07. The van der Waals surface area contributed by atoms with Gasteiger partial charge in [0, 0.05) is 12.0 Å². The molecule has 2 aromatic carbocycles. The zero-order chi connectivity index (χ0) is 15.5. The fraction of sp³-hybridized carbons (Fsp3) is 0.350. The van der Waals surface area contributed by atoms with Gasteiger partial charge in [0.25, 0.3) is 0 Å². The molecule has 0 atom stereocenters. The number of rotatable bonds is 5. The minimum Gasteiger partial charge on any atom is -0.294 e. The largest absolute Gasteiger partial charge is 0.294 e. The van der Waals surface area contributed by atoms with Gasteiger partial charge in [0.15, 0.2) is 5.78 Å². The summed E-state index contributed by atoms with van der Waals surface area (Å²) in [6.45, 7) is 6.32. The van der Waals surface area contributed by atoms with E-state index in [-0.39, 0.29) is 5.78 Å². The number of carbonyl (C=O) groups is 1. The normalized spacial score (nSPS) is 9.67. The minimum atomic E-state index is 0.194. The van der Waals surface area contributed by atoms with Crippen LogP contribution < -0.4 is 0 Å². The maximum absolute atomic E-state index is 11.8. The van der Waals surface area contributed by atoms with Crippen LogP contribution in [0.2, 0.25) is 0 Å². The Bertz CT molecular complexity index is 527. The lowest BCUT2D eigenvalue weighted by Crippen LogP contribution is -1.99. The number of ketones is 1. The van der Waals surface area contributed by atoms with Crippen molar-refractivity contribution in [3.05, 3.63) is 60.2 Å². The van der Waals surface area contributed by atoms with E-state index in [1.807, 2.05) is 61.5 Å². The van der Waals surface area contributed by atoms with Gasteiger partial charge in [-0.2, -0.15) is 0 Å². The first-order chi connectivity index (χ1) is 10.2. The molecule has 0 unspecified atom stereocenters. The summed E-state index contributed by atoms with van der Waals surface area (Å²) in [7, 11) is 0. The second kappa shape index (κ2) is 9.93. The van der Waals surface area contributed by atoms with Gasteiger partial charge in [-0.25, -0.2) is 0 Å². The summed E-state index contributed by atoms with van der Waals surface area (Å²) in [5.41, 5.74) is 2.94. The maximum Gasteiger partial charge on any atom is 0.163 e. The highest BCUT2D eigenvalue weighted by Gasteiger charge is 2.09. The Kier molecular flexibility index (Phi) is 8.11. The quantitative estimate of drug-likeness (QED) is 0.602. The molecule has 0 N–H and O–H groups in total. The average molecular weight is 282 g/mol. The number of hydrogen-bond donors (Lipinski definition) is 0. The van der Waals surface area contributed by atoms with Crippen molar-refractivity contribution in [2.75, 3.05) is 0 Å². The SMILES string of the molecule is CCC(=O)c1ccccc1-c1ccccc1.CCCCC.